The molecule has 2 rings (SSSR count). The fourth-order valence-corrected chi connectivity index (χ4v) is 3.33. The molecule has 4 atom stereocenters. The van der Waals surface area contributed by atoms with E-state index in [9.17, 15) is 4.79 Å². The average molecular weight is 238 g/mol. The molecular weight excluding hydrogens is 212 g/mol. The molecule has 4 unspecified atom stereocenters. The van der Waals surface area contributed by atoms with Gasteiger partial charge in [0.1, 0.15) is 0 Å². The highest BCUT2D eigenvalue weighted by Gasteiger charge is 2.35. The molecule has 0 aromatic carbocycles. The van der Waals surface area contributed by atoms with Crippen molar-refractivity contribution in [2.45, 2.75) is 64.5 Å². The van der Waals surface area contributed by atoms with E-state index in [2.05, 4.69) is 18.7 Å². The third kappa shape index (κ3) is 2.65. The Hall–Kier alpha value is -0.570. The fourth-order valence-electron chi connectivity index (χ4n) is 3.33. The van der Waals surface area contributed by atoms with Crippen LogP contribution in [0, 0.1) is 11.8 Å². The lowest BCUT2D eigenvalue weighted by Gasteiger charge is -2.41. The standard InChI is InChI=1S/C14H26N2O/c1-10-6-5-9-16(11(10)2)14(17)12-7-3-4-8-13(12)15/h10-13H,3-9,15H2,1-2H3. The number of carbonyl (C=O) groups excluding carboxylic acids is 1. The van der Waals surface area contributed by atoms with Crippen molar-refractivity contribution in [3.63, 3.8) is 0 Å². The highest BCUT2D eigenvalue weighted by Crippen LogP contribution is 2.29. The zero-order chi connectivity index (χ0) is 12.4. The Morgan fingerprint density at radius 1 is 1.12 bits per heavy atom. The number of amides is 1. The maximum Gasteiger partial charge on any atom is 0.227 e. The number of rotatable bonds is 1. The molecule has 0 bridgehead atoms. The van der Waals surface area contributed by atoms with Gasteiger partial charge < -0.3 is 10.6 Å². The number of nitrogens with two attached hydrogens (primary N) is 1. The van der Waals surface area contributed by atoms with E-state index in [0.717, 1.165) is 25.8 Å². The second-order valence-electron chi connectivity index (χ2n) is 5.95. The van der Waals surface area contributed by atoms with Crippen LogP contribution in [-0.4, -0.2) is 29.4 Å². The van der Waals surface area contributed by atoms with Crippen molar-refractivity contribution >= 4 is 5.91 Å². The summed E-state index contributed by atoms with van der Waals surface area (Å²) in [7, 11) is 0. The molecule has 1 heterocycles. The van der Waals surface area contributed by atoms with Crippen LogP contribution in [-0.2, 0) is 4.79 Å². The van der Waals surface area contributed by atoms with Gasteiger partial charge in [-0.15, -0.1) is 0 Å². The number of hydrogen-bond acceptors (Lipinski definition) is 2. The summed E-state index contributed by atoms with van der Waals surface area (Å²) in [6.45, 7) is 5.38. The van der Waals surface area contributed by atoms with Gasteiger partial charge in [0.15, 0.2) is 0 Å². The molecule has 1 saturated heterocycles. The Bertz CT molecular complexity index is 279. The molecule has 2 N–H and O–H groups in total. The fraction of sp³-hybridized carbons (Fsp3) is 0.929. The first-order valence-electron chi connectivity index (χ1n) is 7.17. The molecule has 2 aliphatic rings. The summed E-state index contributed by atoms with van der Waals surface area (Å²) in [5, 5.41) is 0. The Balaban J connectivity index is 2.02. The third-order valence-corrected chi connectivity index (χ3v) is 4.79. The highest BCUT2D eigenvalue weighted by molar-refractivity contribution is 5.80. The van der Waals surface area contributed by atoms with Crippen LogP contribution in [0.5, 0.6) is 0 Å². The SMILES string of the molecule is CC1CCCN(C(=O)C2CCCCC2N)C1C. The van der Waals surface area contributed by atoms with Gasteiger partial charge in [0, 0.05) is 18.6 Å². The van der Waals surface area contributed by atoms with Crippen molar-refractivity contribution in [1.82, 2.24) is 4.90 Å². The molecular formula is C14H26N2O. The summed E-state index contributed by atoms with van der Waals surface area (Å²) in [5.41, 5.74) is 6.12. The van der Waals surface area contributed by atoms with E-state index in [1.54, 1.807) is 0 Å². The van der Waals surface area contributed by atoms with Crippen LogP contribution >= 0.6 is 0 Å². The molecule has 98 valence electrons. The molecule has 0 aromatic rings. The topological polar surface area (TPSA) is 46.3 Å². The van der Waals surface area contributed by atoms with E-state index in [4.69, 9.17) is 5.73 Å². The maximum absolute atomic E-state index is 12.6. The van der Waals surface area contributed by atoms with Crippen LogP contribution < -0.4 is 5.73 Å². The number of likely N-dealkylation sites (tertiary alicyclic amines) is 1. The van der Waals surface area contributed by atoms with E-state index in [-0.39, 0.29) is 12.0 Å². The van der Waals surface area contributed by atoms with Gasteiger partial charge >= 0.3 is 0 Å². The van der Waals surface area contributed by atoms with Gasteiger partial charge in [0.2, 0.25) is 5.91 Å². The third-order valence-electron chi connectivity index (χ3n) is 4.79. The molecule has 0 radical (unpaired) electrons. The largest absolute Gasteiger partial charge is 0.339 e. The first kappa shape index (κ1) is 12.9. The van der Waals surface area contributed by atoms with Crippen LogP contribution in [0.15, 0.2) is 0 Å². The van der Waals surface area contributed by atoms with Crippen LogP contribution in [0.4, 0.5) is 0 Å². The van der Waals surface area contributed by atoms with Crippen LogP contribution in [0.3, 0.4) is 0 Å². The minimum Gasteiger partial charge on any atom is -0.339 e. The lowest BCUT2D eigenvalue weighted by molar-refractivity contribution is -0.141. The van der Waals surface area contributed by atoms with E-state index < -0.39 is 0 Å². The quantitative estimate of drug-likeness (QED) is 0.761. The lowest BCUT2D eigenvalue weighted by Crippen LogP contribution is -2.52. The van der Waals surface area contributed by atoms with E-state index in [0.29, 0.717) is 17.9 Å². The highest BCUT2D eigenvalue weighted by atomic mass is 16.2. The van der Waals surface area contributed by atoms with Gasteiger partial charge in [-0.1, -0.05) is 19.8 Å². The molecule has 2 fully saturated rings. The summed E-state index contributed by atoms with van der Waals surface area (Å²) in [6, 6.07) is 0.492. The van der Waals surface area contributed by atoms with E-state index in [1.807, 2.05) is 0 Å². The van der Waals surface area contributed by atoms with E-state index in [1.165, 1.54) is 19.3 Å². The molecule has 1 saturated carbocycles. The van der Waals surface area contributed by atoms with Crippen molar-refractivity contribution in [3.8, 4) is 0 Å². The Kier molecular flexibility index (Phi) is 4.08. The molecule has 1 aliphatic carbocycles. The van der Waals surface area contributed by atoms with Crippen molar-refractivity contribution in [3.05, 3.63) is 0 Å². The summed E-state index contributed by atoms with van der Waals surface area (Å²) in [6.07, 6.45) is 6.78. The van der Waals surface area contributed by atoms with Crippen molar-refractivity contribution in [2.24, 2.45) is 17.6 Å². The molecule has 0 spiro atoms. The Morgan fingerprint density at radius 3 is 2.53 bits per heavy atom. The predicted molar refractivity (Wildman–Crippen MR) is 69.5 cm³/mol. The molecule has 3 nitrogen and oxygen atoms in total. The molecule has 1 aliphatic heterocycles. The van der Waals surface area contributed by atoms with Gasteiger partial charge in [-0.3, -0.25) is 4.79 Å². The second kappa shape index (κ2) is 5.38. The maximum atomic E-state index is 12.6. The summed E-state index contributed by atoms with van der Waals surface area (Å²) in [4.78, 5) is 14.7. The monoisotopic (exact) mass is 238 g/mol. The Labute approximate surface area is 105 Å². The molecule has 1 amide bonds. The minimum absolute atomic E-state index is 0.0940. The average Bonchev–Trinajstić information content (AvgIpc) is 2.32. The number of piperidine rings is 1. The zero-order valence-corrected chi connectivity index (χ0v) is 11.2. The van der Waals surface area contributed by atoms with Gasteiger partial charge in [-0.2, -0.15) is 0 Å². The zero-order valence-electron chi connectivity index (χ0n) is 11.2. The van der Waals surface area contributed by atoms with Crippen LogP contribution in [0.2, 0.25) is 0 Å². The van der Waals surface area contributed by atoms with E-state index >= 15 is 0 Å². The normalized spacial score (nSPS) is 39.1. The predicted octanol–water partition coefficient (Wildman–Crippen LogP) is 2.15. The summed E-state index contributed by atoms with van der Waals surface area (Å²) >= 11 is 0. The van der Waals surface area contributed by atoms with Gasteiger partial charge in [0.05, 0.1) is 5.92 Å². The van der Waals surface area contributed by atoms with Crippen molar-refractivity contribution < 1.29 is 4.79 Å². The van der Waals surface area contributed by atoms with Crippen LogP contribution in [0.25, 0.3) is 0 Å². The van der Waals surface area contributed by atoms with Gasteiger partial charge in [-0.25, -0.2) is 0 Å². The molecule has 0 aromatic heterocycles. The number of hydrogen-bond donors (Lipinski definition) is 1. The smallest absolute Gasteiger partial charge is 0.227 e. The summed E-state index contributed by atoms with van der Waals surface area (Å²) < 4.78 is 0. The molecule has 17 heavy (non-hydrogen) atoms. The second-order valence-corrected chi connectivity index (χ2v) is 5.95. The van der Waals surface area contributed by atoms with Crippen molar-refractivity contribution in [1.29, 1.82) is 0 Å². The first-order valence-corrected chi connectivity index (χ1v) is 7.17. The number of nitrogens with zero attached hydrogens (tertiary/aromatic N) is 1. The lowest BCUT2D eigenvalue weighted by atomic mass is 9.82. The summed E-state index contributed by atoms with van der Waals surface area (Å²) in [5.74, 6) is 1.06. The van der Waals surface area contributed by atoms with Crippen LogP contribution in [0.1, 0.15) is 52.4 Å². The van der Waals surface area contributed by atoms with Gasteiger partial charge in [-0.05, 0) is 38.5 Å². The first-order chi connectivity index (χ1) is 8.11. The molecule has 3 heteroatoms. The Morgan fingerprint density at radius 2 is 1.82 bits per heavy atom. The van der Waals surface area contributed by atoms with Gasteiger partial charge in [0.25, 0.3) is 0 Å². The van der Waals surface area contributed by atoms with Crippen molar-refractivity contribution in [2.75, 3.05) is 6.54 Å². The minimum atomic E-state index is 0.0940. The number of carbonyl (C=O) groups is 1.